The Morgan fingerprint density at radius 3 is 2.60 bits per heavy atom. The third-order valence-corrected chi connectivity index (χ3v) is 3.17. The van der Waals surface area contributed by atoms with E-state index in [0.29, 0.717) is 12.5 Å². The van der Waals surface area contributed by atoms with Crippen molar-refractivity contribution in [1.29, 1.82) is 0 Å². The van der Waals surface area contributed by atoms with Crippen LogP contribution in [0.2, 0.25) is 5.02 Å². The average molecular weight is 227 g/mol. The van der Waals surface area contributed by atoms with Crippen LogP contribution in [0.4, 0.5) is 0 Å². The van der Waals surface area contributed by atoms with Crippen molar-refractivity contribution < 1.29 is 0 Å². The van der Waals surface area contributed by atoms with Crippen molar-refractivity contribution in [2.24, 2.45) is 17.1 Å². The second kappa shape index (κ2) is 4.95. The van der Waals surface area contributed by atoms with Gasteiger partial charge in [0.25, 0.3) is 0 Å². The first-order valence-corrected chi connectivity index (χ1v) is 5.61. The number of hydrogen-bond acceptors (Lipinski definition) is 2. The molecule has 0 saturated carbocycles. The zero-order valence-electron chi connectivity index (χ0n) is 9.63. The Balaban J connectivity index is 2.80. The molecule has 0 saturated heterocycles. The van der Waals surface area contributed by atoms with E-state index in [0.717, 1.165) is 17.0 Å². The minimum absolute atomic E-state index is 0.210. The van der Waals surface area contributed by atoms with Gasteiger partial charge in [-0.3, -0.25) is 4.98 Å². The van der Waals surface area contributed by atoms with Gasteiger partial charge in [-0.2, -0.15) is 0 Å². The lowest BCUT2D eigenvalue weighted by Gasteiger charge is -2.29. The quantitative estimate of drug-likeness (QED) is 0.861. The molecule has 84 valence electrons. The Labute approximate surface area is 96.8 Å². The molecule has 1 aromatic rings. The minimum Gasteiger partial charge on any atom is -0.330 e. The number of nitrogens with two attached hydrogens (primary N) is 1. The van der Waals surface area contributed by atoms with Gasteiger partial charge in [0.1, 0.15) is 0 Å². The van der Waals surface area contributed by atoms with Crippen LogP contribution in [0, 0.1) is 11.3 Å². The van der Waals surface area contributed by atoms with E-state index in [4.69, 9.17) is 17.3 Å². The third kappa shape index (κ3) is 3.47. The molecule has 15 heavy (non-hydrogen) atoms. The molecule has 1 unspecified atom stereocenters. The van der Waals surface area contributed by atoms with E-state index in [1.807, 2.05) is 6.07 Å². The summed E-state index contributed by atoms with van der Waals surface area (Å²) in [6, 6.07) is 1.97. The monoisotopic (exact) mass is 226 g/mol. The predicted molar refractivity (Wildman–Crippen MR) is 65.0 cm³/mol. The summed E-state index contributed by atoms with van der Waals surface area (Å²) < 4.78 is 0. The Hall–Kier alpha value is -0.600. The summed E-state index contributed by atoms with van der Waals surface area (Å²) in [5.74, 6) is 0.442. The molecule has 1 aromatic heterocycles. The van der Waals surface area contributed by atoms with Crippen LogP contribution in [0.1, 0.15) is 26.3 Å². The lowest BCUT2D eigenvalue weighted by atomic mass is 9.77. The van der Waals surface area contributed by atoms with Crippen molar-refractivity contribution in [2.45, 2.75) is 27.2 Å². The topological polar surface area (TPSA) is 38.9 Å². The standard InChI is InChI=1S/C12H19ClN2/c1-12(2,3)10(7-14)6-9-4-5-15-8-11(9)13/h4-5,8,10H,6-7,14H2,1-3H3. The van der Waals surface area contributed by atoms with Crippen molar-refractivity contribution in [1.82, 2.24) is 4.98 Å². The van der Waals surface area contributed by atoms with E-state index >= 15 is 0 Å². The molecule has 2 nitrogen and oxygen atoms in total. The maximum Gasteiger partial charge on any atom is 0.0621 e. The number of halogens is 1. The van der Waals surface area contributed by atoms with Crippen molar-refractivity contribution in [3.8, 4) is 0 Å². The highest BCUT2D eigenvalue weighted by Gasteiger charge is 2.23. The van der Waals surface area contributed by atoms with Crippen molar-refractivity contribution in [2.75, 3.05) is 6.54 Å². The molecule has 1 atom stereocenters. The summed E-state index contributed by atoms with van der Waals surface area (Å²) in [5.41, 5.74) is 7.14. The van der Waals surface area contributed by atoms with Gasteiger partial charge >= 0.3 is 0 Å². The van der Waals surface area contributed by atoms with Crippen molar-refractivity contribution in [3.63, 3.8) is 0 Å². The summed E-state index contributed by atoms with van der Waals surface area (Å²) in [4.78, 5) is 3.98. The summed E-state index contributed by atoms with van der Waals surface area (Å²) in [5, 5.41) is 0.736. The second-order valence-corrected chi connectivity index (χ2v) is 5.38. The molecule has 0 bridgehead atoms. The zero-order valence-corrected chi connectivity index (χ0v) is 10.4. The maximum atomic E-state index is 6.07. The van der Waals surface area contributed by atoms with Gasteiger partial charge in [-0.15, -0.1) is 0 Å². The van der Waals surface area contributed by atoms with Crippen LogP contribution >= 0.6 is 11.6 Å². The average Bonchev–Trinajstić information content (AvgIpc) is 2.14. The molecule has 0 radical (unpaired) electrons. The van der Waals surface area contributed by atoms with Crippen LogP contribution in [0.5, 0.6) is 0 Å². The summed E-state index contributed by atoms with van der Waals surface area (Å²) in [7, 11) is 0. The van der Waals surface area contributed by atoms with Crippen molar-refractivity contribution in [3.05, 3.63) is 29.0 Å². The van der Waals surface area contributed by atoms with Gasteiger partial charge in [0.05, 0.1) is 5.02 Å². The minimum atomic E-state index is 0.210. The highest BCUT2D eigenvalue weighted by atomic mass is 35.5. The number of nitrogens with zero attached hydrogens (tertiary/aromatic N) is 1. The van der Waals surface area contributed by atoms with E-state index in [-0.39, 0.29) is 5.41 Å². The van der Waals surface area contributed by atoms with Crippen LogP contribution in [-0.2, 0) is 6.42 Å². The van der Waals surface area contributed by atoms with Gasteiger partial charge in [-0.25, -0.2) is 0 Å². The SMILES string of the molecule is CC(C)(C)C(CN)Cc1ccncc1Cl. The predicted octanol–water partition coefficient (Wildman–Crippen LogP) is 2.90. The fraction of sp³-hybridized carbons (Fsp3) is 0.583. The smallest absolute Gasteiger partial charge is 0.0621 e. The number of hydrogen-bond donors (Lipinski definition) is 1. The van der Waals surface area contributed by atoms with Gasteiger partial charge in [-0.1, -0.05) is 32.4 Å². The van der Waals surface area contributed by atoms with Crippen LogP contribution in [0.15, 0.2) is 18.5 Å². The second-order valence-electron chi connectivity index (χ2n) is 4.97. The first-order valence-electron chi connectivity index (χ1n) is 5.23. The summed E-state index contributed by atoms with van der Waals surface area (Å²) in [6.45, 7) is 7.31. The van der Waals surface area contributed by atoms with Gasteiger partial charge in [0.2, 0.25) is 0 Å². The molecule has 3 heteroatoms. The Kier molecular flexibility index (Phi) is 4.12. The largest absolute Gasteiger partial charge is 0.330 e. The molecule has 2 N–H and O–H groups in total. The highest BCUT2D eigenvalue weighted by molar-refractivity contribution is 6.31. The molecule has 1 heterocycles. The zero-order chi connectivity index (χ0) is 11.5. The van der Waals surface area contributed by atoms with Gasteiger partial charge in [0.15, 0.2) is 0 Å². The number of pyridine rings is 1. The molecule has 0 aliphatic rings. The third-order valence-electron chi connectivity index (χ3n) is 2.83. The fourth-order valence-corrected chi connectivity index (χ4v) is 1.77. The van der Waals surface area contributed by atoms with E-state index in [2.05, 4.69) is 25.8 Å². The molecule has 0 aliphatic heterocycles. The highest BCUT2D eigenvalue weighted by Crippen LogP contribution is 2.29. The normalized spacial score (nSPS) is 13.9. The van der Waals surface area contributed by atoms with E-state index in [1.54, 1.807) is 12.4 Å². The Morgan fingerprint density at radius 2 is 2.13 bits per heavy atom. The Bertz CT molecular complexity index is 318. The van der Waals surface area contributed by atoms with E-state index in [9.17, 15) is 0 Å². The van der Waals surface area contributed by atoms with Gasteiger partial charge in [-0.05, 0) is 35.9 Å². The molecular weight excluding hydrogens is 208 g/mol. The van der Waals surface area contributed by atoms with Crippen LogP contribution in [-0.4, -0.2) is 11.5 Å². The number of aromatic nitrogens is 1. The maximum absolute atomic E-state index is 6.07. The van der Waals surface area contributed by atoms with Gasteiger partial charge in [0, 0.05) is 12.4 Å². The number of rotatable bonds is 3. The molecule has 1 rings (SSSR count). The van der Waals surface area contributed by atoms with E-state index in [1.165, 1.54) is 0 Å². The molecule has 0 aliphatic carbocycles. The Morgan fingerprint density at radius 1 is 1.47 bits per heavy atom. The first kappa shape index (κ1) is 12.5. The van der Waals surface area contributed by atoms with Crippen LogP contribution in [0.25, 0.3) is 0 Å². The van der Waals surface area contributed by atoms with Crippen LogP contribution in [0.3, 0.4) is 0 Å². The summed E-state index contributed by atoms with van der Waals surface area (Å²) >= 11 is 6.07. The van der Waals surface area contributed by atoms with E-state index < -0.39 is 0 Å². The first-order chi connectivity index (χ1) is 6.95. The molecular formula is C12H19ClN2. The molecule has 0 aromatic carbocycles. The van der Waals surface area contributed by atoms with Crippen molar-refractivity contribution >= 4 is 11.6 Å². The lowest BCUT2D eigenvalue weighted by molar-refractivity contribution is 0.246. The van der Waals surface area contributed by atoms with Crippen LogP contribution < -0.4 is 5.73 Å². The molecule has 0 amide bonds. The lowest BCUT2D eigenvalue weighted by Crippen LogP contribution is -2.30. The fourth-order valence-electron chi connectivity index (χ4n) is 1.58. The van der Waals surface area contributed by atoms with Gasteiger partial charge < -0.3 is 5.73 Å². The molecule has 0 fully saturated rings. The molecule has 0 spiro atoms. The summed E-state index contributed by atoms with van der Waals surface area (Å²) in [6.07, 6.45) is 4.38.